The molecule has 0 N–H and O–H groups in total. The number of rotatable bonds is 3. The van der Waals surface area contributed by atoms with Crippen LogP contribution in [-0.4, -0.2) is 50.5 Å². The Morgan fingerprint density at radius 3 is 2.73 bits per heavy atom. The van der Waals surface area contributed by atoms with Crippen molar-refractivity contribution < 1.29 is 9.59 Å². The molecule has 0 unspecified atom stereocenters. The van der Waals surface area contributed by atoms with Gasteiger partial charge in [0.05, 0.1) is 6.04 Å². The SMILES string of the molecule is Cn1ccc(C(=O)N2C[C@H]3CCCC(=O)N(Cc4ccccc4)[C@H]3C2)n1. The molecule has 26 heavy (non-hydrogen) atoms. The molecule has 1 aromatic heterocycles. The van der Waals surface area contributed by atoms with Crippen molar-refractivity contribution in [2.75, 3.05) is 13.1 Å². The molecule has 2 fully saturated rings. The van der Waals surface area contributed by atoms with E-state index in [0.29, 0.717) is 37.7 Å². The monoisotopic (exact) mass is 352 g/mol. The minimum absolute atomic E-state index is 0.0363. The lowest BCUT2D eigenvalue weighted by Crippen LogP contribution is -2.43. The van der Waals surface area contributed by atoms with Crippen LogP contribution in [0.15, 0.2) is 42.6 Å². The van der Waals surface area contributed by atoms with Crippen molar-refractivity contribution in [3.63, 3.8) is 0 Å². The van der Waals surface area contributed by atoms with Crippen molar-refractivity contribution in [1.29, 1.82) is 0 Å². The topological polar surface area (TPSA) is 58.4 Å². The number of hydrogen-bond acceptors (Lipinski definition) is 3. The minimum Gasteiger partial charge on any atom is -0.335 e. The molecule has 0 saturated carbocycles. The second-order valence-electron chi connectivity index (χ2n) is 7.31. The Morgan fingerprint density at radius 2 is 2.00 bits per heavy atom. The van der Waals surface area contributed by atoms with Crippen molar-refractivity contribution in [2.45, 2.75) is 31.8 Å². The lowest BCUT2D eigenvalue weighted by Gasteiger charge is -2.30. The third-order valence-electron chi connectivity index (χ3n) is 5.51. The van der Waals surface area contributed by atoms with Gasteiger partial charge in [0, 0.05) is 39.3 Å². The summed E-state index contributed by atoms with van der Waals surface area (Å²) in [4.78, 5) is 29.4. The first kappa shape index (κ1) is 16.8. The lowest BCUT2D eigenvalue weighted by atomic mass is 9.98. The van der Waals surface area contributed by atoms with Crippen LogP contribution in [-0.2, 0) is 18.4 Å². The fourth-order valence-corrected chi connectivity index (χ4v) is 4.18. The van der Waals surface area contributed by atoms with Gasteiger partial charge in [-0.15, -0.1) is 0 Å². The van der Waals surface area contributed by atoms with Crippen LogP contribution in [0.2, 0.25) is 0 Å². The van der Waals surface area contributed by atoms with Crippen molar-refractivity contribution in [1.82, 2.24) is 19.6 Å². The predicted molar refractivity (Wildman–Crippen MR) is 97.2 cm³/mol. The van der Waals surface area contributed by atoms with E-state index in [1.807, 2.05) is 35.0 Å². The first-order valence-electron chi connectivity index (χ1n) is 9.24. The van der Waals surface area contributed by atoms with Gasteiger partial charge in [0.15, 0.2) is 0 Å². The number of carbonyl (C=O) groups excluding carboxylic acids is 2. The molecule has 4 rings (SSSR count). The molecular weight excluding hydrogens is 328 g/mol. The molecular formula is C20H24N4O2. The number of aromatic nitrogens is 2. The molecule has 0 bridgehead atoms. The molecule has 2 saturated heterocycles. The van der Waals surface area contributed by atoms with E-state index in [1.54, 1.807) is 16.9 Å². The Hall–Kier alpha value is -2.63. The Morgan fingerprint density at radius 1 is 1.19 bits per heavy atom. The summed E-state index contributed by atoms with van der Waals surface area (Å²) in [6.45, 7) is 1.92. The largest absolute Gasteiger partial charge is 0.335 e. The molecule has 0 aliphatic carbocycles. The normalized spacial score (nSPS) is 23.0. The molecule has 2 amide bonds. The van der Waals surface area contributed by atoms with Gasteiger partial charge >= 0.3 is 0 Å². The van der Waals surface area contributed by atoms with Gasteiger partial charge < -0.3 is 9.80 Å². The van der Waals surface area contributed by atoms with Gasteiger partial charge in [0.1, 0.15) is 5.69 Å². The van der Waals surface area contributed by atoms with E-state index < -0.39 is 0 Å². The summed E-state index contributed by atoms with van der Waals surface area (Å²) in [6.07, 6.45) is 4.28. The zero-order valence-electron chi connectivity index (χ0n) is 15.0. The third-order valence-corrected chi connectivity index (χ3v) is 5.51. The van der Waals surface area contributed by atoms with E-state index in [-0.39, 0.29) is 17.9 Å². The Labute approximate surface area is 153 Å². The van der Waals surface area contributed by atoms with Crippen LogP contribution in [0.1, 0.15) is 35.3 Å². The average Bonchev–Trinajstić information content (AvgIpc) is 3.23. The first-order chi connectivity index (χ1) is 12.6. The van der Waals surface area contributed by atoms with Gasteiger partial charge in [-0.1, -0.05) is 30.3 Å². The van der Waals surface area contributed by atoms with E-state index in [9.17, 15) is 9.59 Å². The highest BCUT2D eigenvalue weighted by Crippen LogP contribution is 2.32. The molecule has 0 radical (unpaired) electrons. The third kappa shape index (κ3) is 3.23. The number of benzene rings is 1. The highest BCUT2D eigenvalue weighted by Gasteiger charge is 2.42. The van der Waals surface area contributed by atoms with E-state index >= 15 is 0 Å². The summed E-state index contributed by atoms with van der Waals surface area (Å²) < 4.78 is 1.65. The fraction of sp³-hybridized carbons (Fsp3) is 0.450. The number of hydrogen-bond donors (Lipinski definition) is 0. The van der Waals surface area contributed by atoms with Crippen molar-refractivity contribution in [2.24, 2.45) is 13.0 Å². The predicted octanol–water partition coefficient (Wildman–Crippen LogP) is 2.07. The molecule has 2 aliphatic rings. The molecule has 6 nitrogen and oxygen atoms in total. The molecule has 0 spiro atoms. The van der Waals surface area contributed by atoms with Crippen LogP contribution in [0, 0.1) is 5.92 Å². The van der Waals surface area contributed by atoms with E-state index in [0.717, 1.165) is 18.4 Å². The standard InChI is InChI=1S/C20H24N4O2/c1-22-11-10-17(21-22)20(26)23-13-16-8-5-9-19(25)24(18(16)14-23)12-15-6-3-2-4-7-15/h2-4,6-7,10-11,16,18H,5,8-9,12-14H2,1H3/t16-,18+/m1/s1. The summed E-state index contributed by atoms with van der Waals surface area (Å²) >= 11 is 0. The van der Waals surface area contributed by atoms with Gasteiger partial charge in [-0.25, -0.2) is 0 Å². The maximum absolute atomic E-state index is 12.8. The van der Waals surface area contributed by atoms with Gasteiger partial charge in [-0.3, -0.25) is 14.3 Å². The number of nitrogens with zero attached hydrogens (tertiary/aromatic N) is 4. The van der Waals surface area contributed by atoms with Gasteiger partial charge in [-0.2, -0.15) is 5.10 Å². The van der Waals surface area contributed by atoms with E-state index in [4.69, 9.17) is 0 Å². The minimum atomic E-state index is -0.0363. The molecule has 6 heteroatoms. The highest BCUT2D eigenvalue weighted by atomic mass is 16.2. The molecule has 2 aromatic rings. The number of likely N-dealkylation sites (tertiary alicyclic amines) is 2. The number of carbonyl (C=O) groups is 2. The Balaban J connectivity index is 1.54. The van der Waals surface area contributed by atoms with Gasteiger partial charge in [-0.05, 0) is 30.4 Å². The van der Waals surface area contributed by atoms with E-state index in [2.05, 4.69) is 17.2 Å². The van der Waals surface area contributed by atoms with E-state index in [1.165, 1.54) is 0 Å². The van der Waals surface area contributed by atoms with Crippen LogP contribution >= 0.6 is 0 Å². The summed E-state index contributed by atoms with van der Waals surface area (Å²) in [5, 5.41) is 4.24. The second kappa shape index (κ2) is 6.94. The molecule has 2 aliphatic heterocycles. The number of aryl methyl sites for hydroxylation is 1. The van der Waals surface area contributed by atoms with Gasteiger partial charge in [0.25, 0.3) is 5.91 Å². The first-order valence-corrected chi connectivity index (χ1v) is 9.24. The maximum Gasteiger partial charge on any atom is 0.274 e. The summed E-state index contributed by atoms with van der Waals surface area (Å²) in [6, 6.07) is 11.9. The second-order valence-corrected chi connectivity index (χ2v) is 7.31. The van der Waals surface area contributed by atoms with Crippen molar-refractivity contribution >= 4 is 11.8 Å². The van der Waals surface area contributed by atoms with Crippen LogP contribution in [0.25, 0.3) is 0 Å². The van der Waals surface area contributed by atoms with Crippen LogP contribution in [0.5, 0.6) is 0 Å². The van der Waals surface area contributed by atoms with Crippen LogP contribution in [0.4, 0.5) is 0 Å². The molecule has 136 valence electrons. The summed E-state index contributed by atoms with van der Waals surface area (Å²) in [7, 11) is 1.81. The zero-order valence-corrected chi connectivity index (χ0v) is 15.0. The number of amides is 2. The maximum atomic E-state index is 12.8. The quantitative estimate of drug-likeness (QED) is 0.850. The van der Waals surface area contributed by atoms with Crippen molar-refractivity contribution in [3.8, 4) is 0 Å². The average molecular weight is 352 g/mol. The smallest absolute Gasteiger partial charge is 0.274 e. The molecule has 2 atom stereocenters. The highest BCUT2D eigenvalue weighted by molar-refractivity contribution is 5.92. The van der Waals surface area contributed by atoms with Gasteiger partial charge in [0.2, 0.25) is 5.91 Å². The number of fused-ring (bicyclic) bond motifs is 1. The summed E-state index contributed by atoms with van der Waals surface area (Å²) in [5.74, 6) is 0.511. The lowest BCUT2D eigenvalue weighted by molar-refractivity contribution is -0.133. The van der Waals surface area contributed by atoms with Crippen LogP contribution in [0.3, 0.4) is 0 Å². The van der Waals surface area contributed by atoms with Crippen LogP contribution < -0.4 is 0 Å². The summed E-state index contributed by atoms with van der Waals surface area (Å²) in [5.41, 5.74) is 1.61. The Kier molecular flexibility index (Phi) is 4.49. The zero-order chi connectivity index (χ0) is 18.1. The molecule has 1 aromatic carbocycles. The Bertz CT molecular complexity index is 801. The fourth-order valence-electron chi connectivity index (χ4n) is 4.18. The molecule has 3 heterocycles. The van der Waals surface area contributed by atoms with Crippen molar-refractivity contribution in [3.05, 3.63) is 53.9 Å².